The Kier molecular flexibility index (Phi) is 2.81. The molecule has 18 heavy (non-hydrogen) atoms. The molecule has 98 valence electrons. The van der Waals surface area contributed by atoms with Crippen LogP contribution in [-0.2, 0) is 4.74 Å². The molecular formula is C12H17N3O3. The van der Waals surface area contributed by atoms with Gasteiger partial charge in [0, 0.05) is 31.8 Å². The molecule has 3 atom stereocenters. The number of esters is 1. The van der Waals surface area contributed by atoms with Gasteiger partial charge >= 0.3 is 11.9 Å². The summed E-state index contributed by atoms with van der Waals surface area (Å²) in [6.45, 7) is 1.65. The van der Waals surface area contributed by atoms with Gasteiger partial charge in [0.15, 0.2) is 0 Å². The number of ether oxygens (including phenoxy) is 1. The summed E-state index contributed by atoms with van der Waals surface area (Å²) in [5.41, 5.74) is 0. The minimum Gasteiger partial charge on any atom is -0.455 e. The highest BCUT2D eigenvalue weighted by Crippen LogP contribution is 2.35. The molecule has 2 aliphatic heterocycles. The molecule has 0 amide bonds. The van der Waals surface area contributed by atoms with Gasteiger partial charge in [0.2, 0.25) is 5.89 Å². The van der Waals surface area contributed by atoms with Crippen LogP contribution in [0.3, 0.4) is 0 Å². The van der Waals surface area contributed by atoms with Crippen LogP contribution in [0.15, 0.2) is 4.42 Å². The third-order valence-electron chi connectivity index (χ3n) is 4.03. The first-order valence-corrected chi connectivity index (χ1v) is 6.36. The van der Waals surface area contributed by atoms with Crippen molar-refractivity contribution >= 4 is 5.97 Å². The quantitative estimate of drug-likeness (QED) is 0.735. The number of hydrogen-bond acceptors (Lipinski definition) is 6. The fraction of sp³-hybridized carbons (Fsp3) is 0.750. The van der Waals surface area contributed by atoms with E-state index in [1.165, 1.54) is 12.8 Å². The van der Waals surface area contributed by atoms with Crippen LogP contribution in [0.2, 0.25) is 0 Å². The molecule has 2 bridgehead atoms. The number of fused-ring (bicyclic) bond motifs is 2. The highest BCUT2D eigenvalue weighted by Gasteiger charge is 2.40. The van der Waals surface area contributed by atoms with Crippen molar-refractivity contribution in [2.24, 2.45) is 0 Å². The molecule has 0 radical (unpaired) electrons. The Morgan fingerprint density at radius 3 is 2.56 bits per heavy atom. The molecule has 3 heterocycles. The van der Waals surface area contributed by atoms with E-state index < -0.39 is 5.97 Å². The summed E-state index contributed by atoms with van der Waals surface area (Å²) in [5.74, 6) is -0.159. The van der Waals surface area contributed by atoms with Gasteiger partial charge in [0.25, 0.3) is 0 Å². The van der Waals surface area contributed by atoms with Crippen LogP contribution in [0.1, 0.15) is 42.3 Å². The molecule has 1 aromatic heterocycles. The lowest BCUT2D eigenvalue weighted by molar-refractivity contribution is -0.00393. The number of piperidine rings is 1. The van der Waals surface area contributed by atoms with Crippen LogP contribution in [-0.4, -0.2) is 46.3 Å². The standard InChI is InChI=1S/C12H17N3O3/c1-7-13-14-11(17-7)12(16)18-10-5-8-3-4-9(6-10)15(8)2/h8-10H,3-6H2,1-2H3/t8-,9+,10+. The van der Waals surface area contributed by atoms with E-state index >= 15 is 0 Å². The number of aromatic nitrogens is 2. The maximum absolute atomic E-state index is 11.8. The summed E-state index contributed by atoms with van der Waals surface area (Å²) in [7, 11) is 2.15. The Morgan fingerprint density at radius 2 is 2.00 bits per heavy atom. The average Bonchev–Trinajstić information content (AvgIpc) is 2.82. The summed E-state index contributed by atoms with van der Waals surface area (Å²) in [6.07, 6.45) is 4.21. The lowest BCUT2D eigenvalue weighted by atomic mass is 10.0. The predicted molar refractivity (Wildman–Crippen MR) is 62.0 cm³/mol. The molecular weight excluding hydrogens is 234 g/mol. The molecule has 2 fully saturated rings. The van der Waals surface area contributed by atoms with E-state index in [1.54, 1.807) is 6.92 Å². The minimum atomic E-state index is -0.496. The second kappa shape index (κ2) is 4.35. The molecule has 0 saturated carbocycles. The van der Waals surface area contributed by atoms with Gasteiger partial charge in [0.05, 0.1) is 0 Å². The largest absolute Gasteiger partial charge is 0.455 e. The van der Waals surface area contributed by atoms with Gasteiger partial charge in [-0.15, -0.1) is 10.2 Å². The summed E-state index contributed by atoms with van der Waals surface area (Å²) in [5, 5.41) is 7.31. The molecule has 0 aliphatic carbocycles. The smallest absolute Gasteiger partial charge is 0.396 e. The van der Waals surface area contributed by atoms with Gasteiger partial charge in [-0.2, -0.15) is 0 Å². The van der Waals surface area contributed by atoms with E-state index in [0.717, 1.165) is 12.8 Å². The van der Waals surface area contributed by atoms with Crippen molar-refractivity contribution in [2.75, 3.05) is 7.05 Å². The fourth-order valence-electron chi connectivity index (χ4n) is 3.04. The summed E-state index contributed by atoms with van der Waals surface area (Å²) >= 11 is 0. The molecule has 6 heteroatoms. The van der Waals surface area contributed by atoms with E-state index in [1.807, 2.05) is 0 Å². The third-order valence-corrected chi connectivity index (χ3v) is 4.03. The van der Waals surface area contributed by atoms with Gasteiger partial charge in [-0.05, 0) is 19.9 Å². The first-order chi connectivity index (χ1) is 8.63. The second-order valence-electron chi connectivity index (χ2n) is 5.18. The van der Waals surface area contributed by atoms with Crippen LogP contribution in [0.4, 0.5) is 0 Å². The van der Waals surface area contributed by atoms with Crippen molar-refractivity contribution < 1.29 is 13.9 Å². The minimum absolute atomic E-state index is 0.0154. The van der Waals surface area contributed by atoms with Crippen molar-refractivity contribution in [3.8, 4) is 0 Å². The van der Waals surface area contributed by atoms with Gasteiger partial charge in [-0.25, -0.2) is 4.79 Å². The Hall–Kier alpha value is -1.43. The molecule has 1 aromatic rings. The van der Waals surface area contributed by atoms with E-state index in [0.29, 0.717) is 18.0 Å². The van der Waals surface area contributed by atoms with Crippen LogP contribution < -0.4 is 0 Å². The Morgan fingerprint density at radius 1 is 1.33 bits per heavy atom. The van der Waals surface area contributed by atoms with Crippen LogP contribution in [0.5, 0.6) is 0 Å². The summed E-state index contributed by atoms with van der Waals surface area (Å²) < 4.78 is 10.5. The van der Waals surface area contributed by atoms with Gasteiger partial charge in [-0.1, -0.05) is 0 Å². The number of carbonyl (C=O) groups excluding carboxylic acids is 1. The lowest BCUT2D eigenvalue weighted by Gasteiger charge is -2.35. The zero-order chi connectivity index (χ0) is 12.7. The number of nitrogens with zero attached hydrogens (tertiary/aromatic N) is 3. The number of aryl methyl sites for hydroxylation is 1. The number of carbonyl (C=O) groups is 1. The Balaban J connectivity index is 1.62. The summed E-state index contributed by atoms with van der Waals surface area (Å²) in [6, 6.07) is 1.09. The van der Waals surface area contributed by atoms with E-state index in [2.05, 4.69) is 22.1 Å². The maximum atomic E-state index is 11.8. The van der Waals surface area contributed by atoms with E-state index in [-0.39, 0.29) is 12.0 Å². The summed E-state index contributed by atoms with van der Waals surface area (Å²) in [4.78, 5) is 14.2. The number of hydrogen-bond donors (Lipinski definition) is 0. The molecule has 0 spiro atoms. The lowest BCUT2D eigenvalue weighted by Crippen LogP contribution is -2.43. The fourth-order valence-corrected chi connectivity index (χ4v) is 3.04. The molecule has 0 unspecified atom stereocenters. The highest BCUT2D eigenvalue weighted by atomic mass is 16.6. The van der Waals surface area contributed by atoms with Crippen molar-refractivity contribution in [2.45, 2.75) is 50.8 Å². The predicted octanol–water partition coefficient (Wildman–Crippen LogP) is 1.16. The van der Waals surface area contributed by atoms with E-state index in [4.69, 9.17) is 9.15 Å². The first kappa shape index (κ1) is 11.6. The molecule has 0 N–H and O–H groups in total. The van der Waals surface area contributed by atoms with Crippen LogP contribution in [0, 0.1) is 6.92 Å². The van der Waals surface area contributed by atoms with Crippen LogP contribution >= 0.6 is 0 Å². The van der Waals surface area contributed by atoms with Crippen LogP contribution in [0.25, 0.3) is 0 Å². The average molecular weight is 251 g/mol. The zero-order valence-electron chi connectivity index (χ0n) is 10.6. The Bertz CT molecular complexity index is 445. The zero-order valence-corrected chi connectivity index (χ0v) is 10.6. The van der Waals surface area contributed by atoms with Gasteiger partial charge < -0.3 is 14.1 Å². The molecule has 2 saturated heterocycles. The molecule has 3 rings (SSSR count). The van der Waals surface area contributed by atoms with Gasteiger partial charge in [-0.3, -0.25) is 0 Å². The normalized spacial score (nSPS) is 31.6. The monoisotopic (exact) mass is 251 g/mol. The number of rotatable bonds is 2. The maximum Gasteiger partial charge on any atom is 0.396 e. The van der Waals surface area contributed by atoms with Crippen molar-refractivity contribution in [1.29, 1.82) is 0 Å². The molecule has 0 aromatic carbocycles. The highest BCUT2D eigenvalue weighted by molar-refractivity contribution is 5.84. The molecule has 2 aliphatic rings. The first-order valence-electron chi connectivity index (χ1n) is 6.36. The molecule has 6 nitrogen and oxygen atoms in total. The van der Waals surface area contributed by atoms with Gasteiger partial charge in [0.1, 0.15) is 6.10 Å². The van der Waals surface area contributed by atoms with Crippen molar-refractivity contribution in [3.05, 3.63) is 11.8 Å². The third kappa shape index (κ3) is 2.01. The topological polar surface area (TPSA) is 68.5 Å². The second-order valence-corrected chi connectivity index (χ2v) is 5.18. The van der Waals surface area contributed by atoms with Crippen molar-refractivity contribution in [3.63, 3.8) is 0 Å². The van der Waals surface area contributed by atoms with Crippen molar-refractivity contribution in [1.82, 2.24) is 15.1 Å². The SMILES string of the molecule is Cc1nnc(C(=O)O[C@H]2C[C@H]3CC[C@@H](C2)N3C)o1. The van der Waals surface area contributed by atoms with E-state index in [9.17, 15) is 4.79 Å². The Labute approximate surface area is 105 Å².